The second-order valence-corrected chi connectivity index (χ2v) is 3.54. The van der Waals surface area contributed by atoms with E-state index in [1.54, 1.807) is 12.1 Å². The summed E-state index contributed by atoms with van der Waals surface area (Å²) >= 11 is 0. The van der Waals surface area contributed by atoms with Crippen molar-refractivity contribution in [2.24, 2.45) is 5.73 Å². The van der Waals surface area contributed by atoms with Gasteiger partial charge in [-0.25, -0.2) is 0 Å². The van der Waals surface area contributed by atoms with Gasteiger partial charge in [0.15, 0.2) is 0 Å². The molecule has 1 rings (SSSR count). The standard InChI is InChI=1S/C11H17NO2/c1-8-6-10(13)4-2-9(8)3-5-11(14)7-12/h2,4,6,11,13-14H,3,5,7,12H2,1H3. The summed E-state index contributed by atoms with van der Waals surface area (Å²) in [6.45, 7) is 2.25. The van der Waals surface area contributed by atoms with Crippen LogP contribution in [0.3, 0.4) is 0 Å². The molecular weight excluding hydrogens is 178 g/mol. The number of rotatable bonds is 4. The third kappa shape index (κ3) is 3.01. The van der Waals surface area contributed by atoms with Gasteiger partial charge < -0.3 is 15.9 Å². The van der Waals surface area contributed by atoms with E-state index in [-0.39, 0.29) is 5.75 Å². The Kier molecular flexibility index (Phi) is 3.92. The highest BCUT2D eigenvalue weighted by atomic mass is 16.3. The predicted octanol–water partition coefficient (Wildman–Crippen LogP) is 0.953. The van der Waals surface area contributed by atoms with E-state index >= 15 is 0 Å². The molecule has 0 bridgehead atoms. The van der Waals surface area contributed by atoms with Crippen molar-refractivity contribution < 1.29 is 10.2 Å². The lowest BCUT2D eigenvalue weighted by molar-refractivity contribution is 0.173. The van der Waals surface area contributed by atoms with Crippen molar-refractivity contribution in [2.75, 3.05) is 6.54 Å². The summed E-state index contributed by atoms with van der Waals surface area (Å²) in [5, 5.41) is 18.5. The summed E-state index contributed by atoms with van der Waals surface area (Å²) in [4.78, 5) is 0. The molecule has 0 aliphatic rings. The fraction of sp³-hybridized carbons (Fsp3) is 0.455. The van der Waals surface area contributed by atoms with Gasteiger partial charge in [-0.15, -0.1) is 0 Å². The number of benzene rings is 1. The molecule has 0 aliphatic heterocycles. The summed E-state index contributed by atoms with van der Waals surface area (Å²) in [5.41, 5.74) is 7.51. The Morgan fingerprint density at radius 3 is 2.71 bits per heavy atom. The molecule has 0 aliphatic carbocycles. The number of aromatic hydroxyl groups is 1. The molecule has 0 saturated carbocycles. The maximum absolute atomic E-state index is 9.29. The van der Waals surface area contributed by atoms with E-state index in [4.69, 9.17) is 5.73 Å². The molecule has 1 aromatic rings. The first-order chi connectivity index (χ1) is 6.63. The molecule has 4 N–H and O–H groups in total. The number of aliphatic hydroxyl groups is 1. The van der Waals surface area contributed by atoms with Gasteiger partial charge in [0, 0.05) is 6.54 Å². The molecule has 0 saturated heterocycles. The highest BCUT2D eigenvalue weighted by Crippen LogP contribution is 2.17. The van der Waals surface area contributed by atoms with Crippen LogP contribution in [0.5, 0.6) is 5.75 Å². The molecule has 14 heavy (non-hydrogen) atoms. The maximum Gasteiger partial charge on any atom is 0.115 e. The first-order valence-corrected chi connectivity index (χ1v) is 4.80. The highest BCUT2D eigenvalue weighted by Gasteiger charge is 2.04. The molecule has 0 spiro atoms. The second-order valence-electron chi connectivity index (χ2n) is 3.54. The highest BCUT2D eigenvalue weighted by molar-refractivity contribution is 5.33. The summed E-state index contributed by atoms with van der Waals surface area (Å²) in [6.07, 6.45) is 1.04. The smallest absolute Gasteiger partial charge is 0.115 e. The largest absolute Gasteiger partial charge is 0.508 e. The van der Waals surface area contributed by atoms with Crippen LogP contribution in [0, 0.1) is 6.92 Å². The van der Waals surface area contributed by atoms with Crippen LogP contribution in [-0.2, 0) is 6.42 Å². The van der Waals surface area contributed by atoms with Crippen molar-refractivity contribution in [2.45, 2.75) is 25.9 Å². The van der Waals surface area contributed by atoms with Crippen molar-refractivity contribution in [3.8, 4) is 5.75 Å². The van der Waals surface area contributed by atoms with Crippen LogP contribution in [0.15, 0.2) is 18.2 Å². The Hall–Kier alpha value is -1.06. The van der Waals surface area contributed by atoms with Crippen LogP contribution in [0.25, 0.3) is 0 Å². The Morgan fingerprint density at radius 1 is 1.43 bits per heavy atom. The predicted molar refractivity (Wildman–Crippen MR) is 56.2 cm³/mol. The molecule has 1 unspecified atom stereocenters. The van der Waals surface area contributed by atoms with Crippen LogP contribution in [0.4, 0.5) is 0 Å². The van der Waals surface area contributed by atoms with E-state index in [1.807, 2.05) is 13.0 Å². The topological polar surface area (TPSA) is 66.5 Å². The molecule has 0 heterocycles. The van der Waals surface area contributed by atoms with Crippen LogP contribution < -0.4 is 5.73 Å². The lowest BCUT2D eigenvalue weighted by atomic mass is 10.0. The molecule has 3 nitrogen and oxygen atoms in total. The molecule has 0 radical (unpaired) electrons. The van der Waals surface area contributed by atoms with E-state index < -0.39 is 6.10 Å². The second kappa shape index (κ2) is 4.98. The molecule has 1 aromatic carbocycles. The lowest BCUT2D eigenvalue weighted by Crippen LogP contribution is -2.20. The van der Waals surface area contributed by atoms with Gasteiger partial charge in [0.2, 0.25) is 0 Å². The minimum atomic E-state index is -0.428. The zero-order chi connectivity index (χ0) is 10.6. The minimum Gasteiger partial charge on any atom is -0.508 e. The van der Waals surface area contributed by atoms with Crippen LogP contribution in [-0.4, -0.2) is 22.9 Å². The van der Waals surface area contributed by atoms with E-state index in [9.17, 15) is 10.2 Å². The minimum absolute atomic E-state index is 0.283. The number of phenols is 1. The van der Waals surface area contributed by atoms with Gasteiger partial charge in [-0.2, -0.15) is 0 Å². The monoisotopic (exact) mass is 195 g/mol. The Bertz CT molecular complexity index is 299. The van der Waals surface area contributed by atoms with Crippen molar-refractivity contribution in [3.05, 3.63) is 29.3 Å². The summed E-state index contributed by atoms with van der Waals surface area (Å²) in [6, 6.07) is 5.27. The summed E-state index contributed by atoms with van der Waals surface area (Å²) < 4.78 is 0. The fourth-order valence-electron chi connectivity index (χ4n) is 1.40. The van der Waals surface area contributed by atoms with Crippen LogP contribution in [0.2, 0.25) is 0 Å². The number of nitrogens with two attached hydrogens (primary N) is 1. The maximum atomic E-state index is 9.29. The third-order valence-corrected chi connectivity index (χ3v) is 2.35. The normalized spacial score (nSPS) is 12.8. The van der Waals surface area contributed by atoms with Gasteiger partial charge in [0.05, 0.1) is 6.10 Å². The molecule has 0 fully saturated rings. The first-order valence-electron chi connectivity index (χ1n) is 4.80. The first kappa shape index (κ1) is 11.0. The van der Waals surface area contributed by atoms with Gasteiger partial charge in [0.25, 0.3) is 0 Å². The Morgan fingerprint density at radius 2 is 2.14 bits per heavy atom. The molecule has 0 aromatic heterocycles. The Labute approximate surface area is 84.2 Å². The van der Waals surface area contributed by atoms with Crippen molar-refractivity contribution in [1.29, 1.82) is 0 Å². The van der Waals surface area contributed by atoms with Gasteiger partial charge in [0.1, 0.15) is 5.75 Å². The molecule has 1 atom stereocenters. The van der Waals surface area contributed by atoms with Crippen molar-refractivity contribution in [1.82, 2.24) is 0 Å². The Balaban J connectivity index is 2.59. The van der Waals surface area contributed by atoms with Gasteiger partial charge >= 0.3 is 0 Å². The molecule has 0 amide bonds. The summed E-state index contributed by atoms with van der Waals surface area (Å²) in [7, 11) is 0. The number of phenolic OH excluding ortho intramolecular Hbond substituents is 1. The quantitative estimate of drug-likeness (QED) is 0.670. The van der Waals surface area contributed by atoms with Gasteiger partial charge in [-0.05, 0) is 43.0 Å². The molecule has 78 valence electrons. The van der Waals surface area contributed by atoms with Gasteiger partial charge in [-0.1, -0.05) is 6.07 Å². The van der Waals surface area contributed by atoms with Gasteiger partial charge in [-0.3, -0.25) is 0 Å². The third-order valence-electron chi connectivity index (χ3n) is 2.35. The lowest BCUT2D eigenvalue weighted by Gasteiger charge is -2.09. The van der Waals surface area contributed by atoms with E-state index in [2.05, 4.69) is 0 Å². The summed E-state index contributed by atoms with van der Waals surface area (Å²) in [5.74, 6) is 0.283. The average Bonchev–Trinajstić information content (AvgIpc) is 2.16. The number of aryl methyl sites for hydroxylation is 2. The fourth-order valence-corrected chi connectivity index (χ4v) is 1.40. The van der Waals surface area contributed by atoms with Crippen LogP contribution >= 0.6 is 0 Å². The zero-order valence-electron chi connectivity index (χ0n) is 8.40. The van der Waals surface area contributed by atoms with Crippen molar-refractivity contribution in [3.63, 3.8) is 0 Å². The number of hydrogen-bond acceptors (Lipinski definition) is 3. The SMILES string of the molecule is Cc1cc(O)ccc1CCC(O)CN. The van der Waals surface area contributed by atoms with E-state index in [1.165, 1.54) is 0 Å². The molecular formula is C11H17NO2. The van der Waals surface area contributed by atoms with Crippen molar-refractivity contribution >= 4 is 0 Å². The molecule has 3 heteroatoms. The average molecular weight is 195 g/mol. The number of aliphatic hydroxyl groups excluding tert-OH is 1. The van der Waals surface area contributed by atoms with E-state index in [0.717, 1.165) is 17.5 Å². The number of hydrogen-bond donors (Lipinski definition) is 3. The van der Waals surface area contributed by atoms with Crippen LogP contribution in [0.1, 0.15) is 17.5 Å². The zero-order valence-corrected chi connectivity index (χ0v) is 8.40. The van der Waals surface area contributed by atoms with E-state index in [0.29, 0.717) is 13.0 Å².